The molecule has 0 saturated heterocycles. The first kappa shape index (κ1) is 15.5. The Kier molecular flexibility index (Phi) is 5.85. The lowest BCUT2D eigenvalue weighted by Gasteiger charge is -2.28. The Bertz CT molecular complexity index is 435. The molecule has 1 aromatic rings. The Morgan fingerprint density at radius 2 is 2.05 bits per heavy atom. The molecule has 1 atom stereocenters. The SMILES string of the molecule is CCC(C#N)CNCC(C)(C)c1ccccc1OC. The van der Waals surface area contributed by atoms with Crippen molar-refractivity contribution in [2.75, 3.05) is 20.2 Å². The third-order valence-electron chi connectivity index (χ3n) is 3.47. The summed E-state index contributed by atoms with van der Waals surface area (Å²) in [6.45, 7) is 7.98. The molecule has 19 heavy (non-hydrogen) atoms. The Morgan fingerprint density at radius 1 is 1.37 bits per heavy atom. The third kappa shape index (κ3) is 4.25. The maximum Gasteiger partial charge on any atom is 0.122 e. The molecule has 1 unspecified atom stereocenters. The van der Waals surface area contributed by atoms with Crippen molar-refractivity contribution in [2.45, 2.75) is 32.6 Å². The van der Waals surface area contributed by atoms with E-state index in [-0.39, 0.29) is 11.3 Å². The van der Waals surface area contributed by atoms with Crippen LogP contribution in [-0.4, -0.2) is 20.2 Å². The van der Waals surface area contributed by atoms with Gasteiger partial charge in [0.15, 0.2) is 0 Å². The molecule has 0 heterocycles. The molecule has 0 radical (unpaired) electrons. The second-order valence-corrected chi connectivity index (χ2v) is 5.45. The van der Waals surface area contributed by atoms with Gasteiger partial charge in [0.2, 0.25) is 0 Å². The van der Waals surface area contributed by atoms with Crippen LogP contribution in [0, 0.1) is 17.2 Å². The zero-order chi connectivity index (χ0) is 14.3. The predicted molar refractivity (Wildman–Crippen MR) is 78.3 cm³/mol. The summed E-state index contributed by atoms with van der Waals surface area (Å²) in [5.41, 5.74) is 1.16. The van der Waals surface area contributed by atoms with Gasteiger partial charge < -0.3 is 10.1 Å². The van der Waals surface area contributed by atoms with Crippen LogP contribution in [0.3, 0.4) is 0 Å². The number of rotatable bonds is 7. The number of hydrogen-bond acceptors (Lipinski definition) is 3. The van der Waals surface area contributed by atoms with Gasteiger partial charge in [-0.15, -0.1) is 0 Å². The maximum atomic E-state index is 8.94. The molecule has 104 valence electrons. The first-order valence-corrected chi connectivity index (χ1v) is 6.79. The van der Waals surface area contributed by atoms with E-state index in [1.54, 1.807) is 7.11 Å². The molecule has 1 rings (SSSR count). The Morgan fingerprint density at radius 3 is 2.63 bits per heavy atom. The Balaban J connectivity index is 2.68. The maximum absolute atomic E-state index is 8.94. The van der Waals surface area contributed by atoms with Crippen molar-refractivity contribution >= 4 is 0 Å². The molecule has 0 bridgehead atoms. The van der Waals surface area contributed by atoms with E-state index in [0.29, 0.717) is 0 Å². The first-order chi connectivity index (χ1) is 9.05. The number of benzene rings is 1. The lowest BCUT2D eigenvalue weighted by atomic mass is 9.84. The van der Waals surface area contributed by atoms with Gasteiger partial charge in [0.05, 0.1) is 19.1 Å². The zero-order valence-electron chi connectivity index (χ0n) is 12.4. The molecule has 0 saturated carbocycles. The molecule has 0 spiro atoms. The quantitative estimate of drug-likeness (QED) is 0.819. The lowest BCUT2D eigenvalue weighted by Crippen LogP contribution is -2.35. The Labute approximate surface area is 116 Å². The standard InChI is InChI=1S/C16H24N2O/c1-5-13(10-17)11-18-12-16(2,3)14-8-6-7-9-15(14)19-4/h6-9,13,18H,5,11-12H2,1-4H3. The molecule has 1 N–H and O–H groups in total. The number of para-hydroxylation sites is 1. The zero-order valence-corrected chi connectivity index (χ0v) is 12.4. The van der Waals surface area contributed by atoms with Crippen LogP contribution in [0.2, 0.25) is 0 Å². The third-order valence-corrected chi connectivity index (χ3v) is 3.47. The fourth-order valence-corrected chi connectivity index (χ4v) is 2.14. The van der Waals surface area contributed by atoms with Gasteiger partial charge in [-0.05, 0) is 12.5 Å². The average Bonchev–Trinajstić information content (AvgIpc) is 2.43. The van der Waals surface area contributed by atoms with Gasteiger partial charge in [0, 0.05) is 24.1 Å². The van der Waals surface area contributed by atoms with Crippen molar-refractivity contribution in [2.24, 2.45) is 5.92 Å². The minimum Gasteiger partial charge on any atom is -0.496 e. The molecular formula is C16H24N2O. The van der Waals surface area contributed by atoms with Crippen molar-refractivity contribution < 1.29 is 4.74 Å². The number of hydrogen-bond donors (Lipinski definition) is 1. The van der Waals surface area contributed by atoms with E-state index >= 15 is 0 Å². The summed E-state index contributed by atoms with van der Waals surface area (Å²) in [5, 5.41) is 12.3. The van der Waals surface area contributed by atoms with Gasteiger partial charge in [-0.3, -0.25) is 0 Å². The molecule has 0 fully saturated rings. The molecular weight excluding hydrogens is 236 g/mol. The summed E-state index contributed by atoms with van der Waals surface area (Å²) < 4.78 is 5.42. The number of nitrogens with zero attached hydrogens (tertiary/aromatic N) is 1. The van der Waals surface area contributed by atoms with Crippen LogP contribution in [0.15, 0.2) is 24.3 Å². The first-order valence-electron chi connectivity index (χ1n) is 6.79. The summed E-state index contributed by atoms with van der Waals surface area (Å²) in [4.78, 5) is 0. The fraction of sp³-hybridized carbons (Fsp3) is 0.562. The van der Waals surface area contributed by atoms with Gasteiger partial charge in [0.25, 0.3) is 0 Å². The van der Waals surface area contributed by atoms with E-state index in [2.05, 4.69) is 31.3 Å². The average molecular weight is 260 g/mol. The molecule has 1 aromatic carbocycles. The van der Waals surface area contributed by atoms with Crippen LogP contribution in [0.25, 0.3) is 0 Å². The van der Waals surface area contributed by atoms with E-state index in [1.165, 1.54) is 5.56 Å². The molecule has 0 aliphatic carbocycles. The number of nitrogens with one attached hydrogen (secondary N) is 1. The van der Waals surface area contributed by atoms with Crippen LogP contribution in [-0.2, 0) is 5.41 Å². The summed E-state index contributed by atoms with van der Waals surface area (Å²) in [5.74, 6) is 1.01. The largest absolute Gasteiger partial charge is 0.496 e. The summed E-state index contributed by atoms with van der Waals surface area (Å²) in [6.07, 6.45) is 0.887. The number of nitriles is 1. The molecule has 3 nitrogen and oxygen atoms in total. The van der Waals surface area contributed by atoms with E-state index in [1.807, 2.05) is 25.1 Å². The molecule has 0 aromatic heterocycles. The minimum atomic E-state index is -0.0274. The van der Waals surface area contributed by atoms with Gasteiger partial charge in [0.1, 0.15) is 5.75 Å². The van der Waals surface area contributed by atoms with Crippen molar-refractivity contribution in [1.82, 2.24) is 5.32 Å². The van der Waals surface area contributed by atoms with Crippen LogP contribution >= 0.6 is 0 Å². The smallest absolute Gasteiger partial charge is 0.122 e. The minimum absolute atomic E-state index is 0.0274. The fourth-order valence-electron chi connectivity index (χ4n) is 2.14. The van der Waals surface area contributed by atoms with E-state index in [9.17, 15) is 0 Å². The summed E-state index contributed by atoms with van der Waals surface area (Å²) in [7, 11) is 1.70. The van der Waals surface area contributed by atoms with Gasteiger partial charge >= 0.3 is 0 Å². The molecule has 0 amide bonds. The van der Waals surface area contributed by atoms with Gasteiger partial charge in [-0.25, -0.2) is 0 Å². The second kappa shape index (κ2) is 7.16. The molecule has 0 aliphatic heterocycles. The second-order valence-electron chi connectivity index (χ2n) is 5.45. The molecule has 0 aliphatic rings. The lowest BCUT2D eigenvalue weighted by molar-refractivity contribution is 0.382. The van der Waals surface area contributed by atoms with E-state index in [0.717, 1.165) is 25.3 Å². The van der Waals surface area contributed by atoms with Crippen LogP contribution < -0.4 is 10.1 Å². The summed E-state index contributed by atoms with van der Waals surface area (Å²) >= 11 is 0. The van der Waals surface area contributed by atoms with Gasteiger partial charge in [-0.1, -0.05) is 39.0 Å². The van der Waals surface area contributed by atoms with Gasteiger partial charge in [-0.2, -0.15) is 5.26 Å². The normalized spacial score (nSPS) is 12.8. The molecule has 3 heteroatoms. The van der Waals surface area contributed by atoms with Crippen LogP contribution in [0.1, 0.15) is 32.8 Å². The highest BCUT2D eigenvalue weighted by Crippen LogP contribution is 2.30. The number of methoxy groups -OCH3 is 1. The van der Waals surface area contributed by atoms with E-state index < -0.39 is 0 Å². The van der Waals surface area contributed by atoms with Crippen molar-refractivity contribution in [1.29, 1.82) is 5.26 Å². The predicted octanol–water partition coefficient (Wildman–Crippen LogP) is 3.11. The summed E-state index contributed by atoms with van der Waals surface area (Å²) in [6, 6.07) is 10.4. The number of ether oxygens (including phenoxy) is 1. The highest BCUT2D eigenvalue weighted by molar-refractivity contribution is 5.39. The van der Waals surface area contributed by atoms with E-state index in [4.69, 9.17) is 10.00 Å². The van der Waals surface area contributed by atoms with Crippen molar-refractivity contribution in [3.05, 3.63) is 29.8 Å². The monoisotopic (exact) mass is 260 g/mol. The highest BCUT2D eigenvalue weighted by atomic mass is 16.5. The van der Waals surface area contributed by atoms with Crippen LogP contribution in [0.5, 0.6) is 5.75 Å². The van der Waals surface area contributed by atoms with Crippen molar-refractivity contribution in [3.63, 3.8) is 0 Å². The van der Waals surface area contributed by atoms with Crippen LogP contribution in [0.4, 0.5) is 0 Å². The topological polar surface area (TPSA) is 45.0 Å². The highest BCUT2D eigenvalue weighted by Gasteiger charge is 2.24. The van der Waals surface area contributed by atoms with Crippen molar-refractivity contribution in [3.8, 4) is 11.8 Å². The Hall–Kier alpha value is -1.53.